The van der Waals surface area contributed by atoms with E-state index in [1.54, 1.807) is 6.07 Å². The molecule has 0 aromatic heterocycles. The van der Waals surface area contributed by atoms with Crippen molar-refractivity contribution in [1.82, 2.24) is 4.90 Å². The molecule has 0 atom stereocenters. The maximum atomic E-state index is 13.2. The lowest BCUT2D eigenvalue weighted by atomic mass is 10.0. The zero-order valence-corrected chi connectivity index (χ0v) is 16.7. The molecule has 1 fully saturated rings. The smallest absolute Gasteiger partial charge is 0.258 e. The highest BCUT2D eigenvalue weighted by atomic mass is 32.2. The number of carbonyl (C=O) groups is 1. The predicted molar refractivity (Wildman–Crippen MR) is 108 cm³/mol. The van der Waals surface area contributed by atoms with Gasteiger partial charge < -0.3 is 9.64 Å². The molecular weight excluding hydrogens is 393 g/mol. The van der Waals surface area contributed by atoms with Crippen molar-refractivity contribution in [3.8, 4) is 5.75 Å². The number of nitrogens with zero attached hydrogens (tertiary/aromatic N) is 1. The van der Waals surface area contributed by atoms with E-state index >= 15 is 0 Å². The topological polar surface area (TPSA) is 63.7 Å². The number of sulfone groups is 1. The Morgan fingerprint density at radius 3 is 2.45 bits per heavy atom. The molecule has 0 spiro atoms. The van der Waals surface area contributed by atoms with Gasteiger partial charge in [-0.2, -0.15) is 0 Å². The Morgan fingerprint density at radius 1 is 1.07 bits per heavy atom. The number of hydrogen-bond acceptors (Lipinski definition) is 4. The minimum Gasteiger partial charge on any atom is -0.493 e. The molecule has 0 saturated carbocycles. The fraction of sp³-hybridized carbons (Fsp3) is 0.227. The lowest BCUT2D eigenvalue weighted by Crippen LogP contribution is -2.56. The number of hydrogen-bond donors (Lipinski definition) is 0. The summed E-state index contributed by atoms with van der Waals surface area (Å²) in [6, 6.07) is 16.0. The standard InChI is InChI=1S/C22H20FNO4S/c1-2-28-20-12-7-15-5-3-4-6-19(15)21(20)22(25)24-13-18(14-24)29(26,27)17-10-8-16(23)9-11-17/h3-12,18H,2,13-14H2,1H3. The normalized spacial score (nSPS) is 14.6. The lowest BCUT2D eigenvalue weighted by molar-refractivity contribution is 0.0657. The van der Waals surface area contributed by atoms with Gasteiger partial charge >= 0.3 is 0 Å². The molecule has 1 aliphatic heterocycles. The van der Waals surface area contributed by atoms with Gasteiger partial charge in [0.25, 0.3) is 5.91 Å². The van der Waals surface area contributed by atoms with E-state index in [1.165, 1.54) is 17.0 Å². The molecule has 150 valence electrons. The maximum Gasteiger partial charge on any atom is 0.258 e. The second-order valence-corrected chi connectivity index (χ2v) is 9.15. The van der Waals surface area contributed by atoms with Crippen molar-refractivity contribution in [2.24, 2.45) is 0 Å². The summed E-state index contributed by atoms with van der Waals surface area (Å²) >= 11 is 0. The molecule has 29 heavy (non-hydrogen) atoms. The minimum atomic E-state index is -3.62. The molecule has 0 radical (unpaired) electrons. The Labute approximate surface area is 168 Å². The summed E-state index contributed by atoms with van der Waals surface area (Å²) in [5, 5.41) is 0.978. The highest BCUT2D eigenvalue weighted by Crippen LogP contribution is 2.32. The fourth-order valence-electron chi connectivity index (χ4n) is 3.52. The Morgan fingerprint density at radius 2 is 1.76 bits per heavy atom. The van der Waals surface area contributed by atoms with E-state index in [2.05, 4.69) is 0 Å². The highest BCUT2D eigenvalue weighted by Gasteiger charge is 2.41. The third kappa shape index (κ3) is 3.46. The molecule has 5 nitrogen and oxygen atoms in total. The van der Waals surface area contributed by atoms with Gasteiger partial charge in [0.05, 0.1) is 17.1 Å². The van der Waals surface area contributed by atoms with E-state index in [0.29, 0.717) is 17.9 Å². The molecule has 0 unspecified atom stereocenters. The molecule has 4 rings (SSSR count). The summed E-state index contributed by atoms with van der Waals surface area (Å²) in [7, 11) is -3.62. The summed E-state index contributed by atoms with van der Waals surface area (Å²) in [6.07, 6.45) is 0. The van der Waals surface area contributed by atoms with Gasteiger partial charge in [-0.3, -0.25) is 4.79 Å². The number of likely N-dealkylation sites (tertiary alicyclic amines) is 1. The highest BCUT2D eigenvalue weighted by molar-refractivity contribution is 7.92. The van der Waals surface area contributed by atoms with Crippen LogP contribution in [0.25, 0.3) is 10.8 Å². The molecule has 1 saturated heterocycles. The fourth-order valence-corrected chi connectivity index (χ4v) is 5.18. The molecular formula is C22H20FNO4S. The van der Waals surface area contributed by atoms with Crippen LogP contribution in [0.4, 0.5) is 4.39 Å². The van der Waals surface area contributed by atoms with Crippen LogP contribution in [0.1, 0.15) is 17.3 Å². The molecule has 7 heteroatoms. The van der Waals surface area contributed by atoms with Crippen LogP contribution in [-0.4, -0.2) is 44.2 Å². The number of halogens is 1. The number of carbonyl (C=O) groups excluding carboxylic acids is 1. The molecule has 0 bridgehead atoms. The van der Waals surface area contributed by atoms with Crippen molar-refractivity contribution in [3.05, 3.63) is 72.0 Å². The number of rotatable bonds is 5. The van der Waals surface area contributed by atoms with Gasteiger partial charge in [-0.05, 0) is 48.0 Å². The van der Waals surface area contributed by atoms with E-state index in [4.69, 9.17) is 4.74 Å². The van der Waals surface area contributed by atoms with Gasteiger partial charge in [-0.25, -0.2) is 12.8 Å². The average Bonchev–Trinajstić information content (AvgIpc) is 2.67. The van der Waals surface area contributed by atoms with Crippen molar-refractivity contribution in [1.29, 1.82) is 0 Å². The van der Waals surface area contributed by atoms with Crippen molar-refractivity contribution in [2.75, 3.05) is 19.7 Å². The Balaban J connectivity index is 1.60. The zero-order chi connectivity index (χ0) is 20.6. The number of benzene rings is 3. The van der Waals surface area contributed by atoms with Gasteiger partial charge in [0.2, 0.25) is 0 Å². The first-order valence-corrected chi connectivity index (χ1v) is 10.9. The largest absolute Gasteiger partial charge is 0.493 e. The van der Waals surface area contributed by atoms with Gasteiger partial charge in [-0.15, -0.1) is 0 Å². The van der Waals surface area contributed by atoms with Gasteiger partial charge in [-0.1, -0.05) is 30.3 Å². The number of fused-ring (bicyclic) bond motifs is 1. The first-order chi connectivity index (χ1) is 13.9. The van der Waals surface area contributed by atoms with Crippen LogP contribution in [0, 0.1) is 5.82 Å². The Kier molecular flexibility index (Phi) is 5.00. The molecule has 3 aromatic carbocycles. The Hall–Kier alpha value is -2.93. The second kappa shape index (κ2) is 7.48. The quantitative estimate of drug-likeness (QED) is 0.599. The van der Waals surface area contributed by atoms with E-state index in [-0.39, 0.29) is 23.9 Å². The van der Waals surface area contributed by atoms with Crippen LogP contribution in [0.15, 0.2) is 65.6 Å². The molecule has 0 N–H and O–H groups in total. The van der Waals surface area contributed by atoms with Gasteiger partial charge in [0.1, 0.15) is 16.8 Å². The monoisotopic (exact) mass is 413 g/mol. The third-order valence-electron chi connectivity index (χ3n) is 5.12. The zero-order valence-electron chi connectivity index (χ0n) is 15.8. The first-order valence-electron chi connectivity index (χ1n) is 9.35. The average molecular weight is 413 g/mol. The minimum absolute atomic E-state index is 0.0659. The number of amides is 1. The third-order valence-corrected chi connectivity index (χ3v) is 7.23. The second-order valence-electron chi connectivity index (χ2n) is 6.92. The summed E-state index contributed by atoms with van der Waals surface area (Å²) in [5.41, 5.74) is 0.447. The lowest BCUT2D eigenvalue weighted by Gasteiger charge is -2.39. The molecule has 0 aliphatic carbocycles. The maximum absolute atomic E-state index is 13.2. The van der Waals surface area contributed by atoms with Crippen LogP contribution in [-0.2, 0) is 9.84 Å². The molecule has 1 aliphatic rings. The molecule has 3 aromatic rings. The number of ether oxygens (including phenoxy) is 1. The first kappa shape index (κ1) is 19.4. The van der Waals surface area contributed by atoms with E-state index in [9.17, 15) is 17.6 Å². The Bertz CT molecular complexity index is 1170. The van der Waals surface area contributed by atoms with Crippen molar-refractivity contribution in [2.45, 2.75) is 17.1 Å². The van der Waals surface area contributed by atoms with Crippen molar-refractivity contribution >= 4 is 26.5 Å². The van der Waals surface area contributed by atoms with Crippen LogP contribution < -0.4 is 4.74 Å². The summed E-state index contributed by atoms with van der Waals surface area (Å²) in [6.45, 7) is 2.44. The SMILES string of the molecule is CCOc1ccc2ccccc2c1C(=O)N1CC(S(=O)(=O)c2ccc(F)cc2)C1. The predicted octanol–water partition coefficient (Wildman–Crippen LogP) is 3.68. The summed E-state index contributed by atoms with van der Waals surface area (Å²) < 4.78 is 44.2. The van der Waals surface area contributed by atoms with Crippen molar-refractivity contribution in [3.63, 3.8) is 0 Å². The summed E-state index contributed by atoms with van der Waals surface area (Å²) in [5.74, 6) is -0.259. The summed E-state index contributed by atoms with van der Waals surface area (Å²) in [4.78, 5) is 14.8. The van der Waals surface area contributed by atoms with Crippen LogP contribution in [0.3, 0.4) is 0 Å². The van der Waals surface area contributed by atoms with Crippen molar-refractivity contribution < 1.29 is 22.3 Å². The molecule has 1 heterocycles. The van der Waals surface area contributed by atoms with Gasteiger partial charge in [0.15, 0.2) is 9.84 Å². The van der Waals surface area contributed by atoms with Crippen LogP contribution in [0.2, 0.25) is 0 Å². The van der Waals surface area contributed by atoms with E-state index < -0.39 is 20.9 Å². The van der Waals surface area contributed by atoms with E-state index in [1.807, 2.05) is 37.3 Å². The molecule has 1 amide bonds. The van der Waals surface area contributed by atoms with Gasteiger partial charge in [0, 0.05) is 13.1 Å². The van der Waals surface area contributed by atoms with Crippen LogP contribution in [0.5, 0.6) is 5.75 Å². The van der Waals surface area contributed by atoms with Crippen LogP contribution >= 0.6 is 0 Å². The van der Waals surface area contributed by atoms with E-state index in [0.717, 1.165) is 22.9 Å².